The van der Waals surface area contributed by atoms with E-state index in [4.69, 9.17) is 22.1 Å². The molecule has 3 rings (SSSR count). The number of halogens is 6. The van der Waals surface area contributed by atoms with Crippen LogP contribution in [0.2, 0.25) is 5.02 Å². The number of Topliss-reactive ketones (excluding diaryl/α,β-unsaturated/α-hetero) is 1. The van der Waals surface area contributed by atoms with E-state index >= 15 is 8.78 Å². The number of carbonyl (C=O) groups is 4. The zero-order valence-electron chi connectivity index (χ0n) is 26.0. The van der Waals surface area contributed by atoms with Crippen molar-refractivity contribution in [2.24, 2.45) is 11.7 Å². The van der Waals surface area contributed by atoms with Gasteiger partial charge in [0.05, 0.1) is 13.2 Å². The third kappa shape index (κ3) is 9.73. The highest BCUT2D eigenvalue weighted by Crippen LogP contribution is 2.30. The van der Waals surface area contributed by atoms with Gasteiger partial charge < -0.3 is 26.4 Å². The van der Waals surface area contributed by atoms with Gasteiger partial charge in [-0.2, -0.15) is 22.0 Å². The lowest BCUT2D eigenvalue weighted by Gasteiger charge is -2.28. The maximum Gasteiger partial charge on any atom is 0.452 e. The van der Waals surface area contributed by atoms with E-state index in [2.05, 4.69) is 10.6 Å². The molecule has 9 nitrogen and oxygen atoms in total. The van der Waals surface area contributed by atoms with Crippen molar-refractivity contribution in [1.29, 1.82) is 0 Å². The fourth-order valence-corrected chi connectivity index (χ4v) is 4.80. The second kappa shape index (κ2) is 16.0. The van der Waals surface area contributed by atoms with Crippen LogP contribution in [0.4, 0.5) is 22.0 Å². The first-order valence-corrected chi connectivity index (χ1v) is 14.9. The molecule has 258 valence electrons. The zero-order chi connectivity index (χ0) is 35.8. The minimum absolute atomic E-state index is 0.0465. The molecule has 3 amide bonds. The summed E-state index contributed by atoms with van der Waals surface area (Å²) < 4.78 is 75.7. The zero-order valence-corrected chi connectivity index (χ0v) is 26.8. The largest absolute Gasteiger partial charge is 0.497 e. The number of amides is 3. The van der Waals surface area contributed by atoms with Crippen molar-refractivity contribution in [3.05, 3.63) is 100 Å². The molecule has 3 aromatic carbocycles. The molecule has 5 N–H and O–H groups in total. The number of hydrogen-bond acceptors (Lipinski definition) is 6. The van der Waals surface area contributed by atoms with Crippen molar-refractivity contribution in [1.82, 2.24) is 16.0 Å². The number of alkyl halides is 5. The maximum atomic E-state index is 15.3. The average molecular weight is 697 g/mol. The molecular weight excluding hydrogens is 663 g/mol. The van der Waals surface area contributed by atoms with E-state index in [9.17, 15) is 32.3 Å². The monoisotopic (exact) mass is 696 g/mol. The minimum atomic E-state index is -5.27. The Morgan fingerprint density at radius 1 is 0.833 bits per heavy atom. The summed E-state index contributed by atoms with van der Waals surface area (Å²) in [5, 5.41) is 6.39. The van der Waals surface area contributed by atoms with Gasteiger partial charge in [0, 0.05) is 23.6 Å². The van der Waals surface area contributed by atoms with Gasteiger partial charge in [-0.15, -0.1) is 0 Å². The predicted molar refractivity (Wildman–Crippen MR) is 167 cm³/mol. The Labute approximate surface area is 278 Å². The molecular formula is C33H34ClF5N4O5. The lowest BCUT2D eigenvalue weighted by molar-refractivity contribution is -0.175. The van der Waals surface area contributed by atoms with Crippen LogP contribution in [0.15, 0.2) is 72.8 Å². The molecule has 0 aliphatic heterocycles. The lowest BCUT2D eigenvalue weighted by atomic mass is 9.97. The maximum absolute atomic E-state index is 15.3. The molecule has 0 bridgehead atoms. The Hall–Kier alpha value is -4.56. The van der Waals surface area contributed by atoms with Gasteiger partial charge in [-0.1, -0.05) is 74.0 Å². The van der Waals surface area contributed by atoms with Crippen LogP contribution < -0.4 is 26.4 Å². The van der Waals surface area contributed by atoms with Crippen LogP contribution in [0.3, 0.4) is 0 Å². The van der Waals surface area contributed by atoms with Gasteiger partial charge in [0.1, 0.15) is 17.8 Å². The molecule has 0 heterocycles. The normalized spacial score (nSPS) is 13.6. The fourth-order valence-electron chi connectivity index (χ4n) is 4.61. The van der Waals surface area contributed by atoms with Gasteiger partial charge >= 0.3 is 12.1 Å². The van der Waals surface area contributed by atoms with E-state index in [1.165, 1.54) is 57.4 Å². The molecule has 0 radical (unpaired) electrons. The number of nitrogens with one attached hydrogen (secondary N) is 3. The van der Waals surface area contributed by atoms with E-state index in [1.54, 1.807) is 24.3 Å². The van der Waals surface area contributed by atoms with Crippen molar-refractivity contribution >= 4 is 35.1 Å². The van der Waals surface area contributed by atoms with Crippen LogP contribution in [0.1, 0.15) is 42.1 Å². The molecule has 0 aliphatic rings. The third-order valence-electron chi connectivity index (χ3n) is 7.32. The summed E-state index contributed by atoms with van der Waals surface area (Å²) in [6.07, 6.45) is -5.61. The van der Waals surface area contributed by atoms with Crippen LogP contribution in [-0.2, 0) is 38.1 Å². The van der Waals surface area contributed by atoms with Gasteiger partial charge in [0.25, 0.3) is 11.7 Å². The van der Waals surface area contributed by atoms with E-state index in [0.717, 1.165) is 17.7 Å². The summed E-state index contributed by atoms with van der Waals surface area (Å²) in [6.45, 7) is 2.77. The van der Waals surface area contributed by atoms with Crippen molar-refractivity contribution in [3.63, 3.8) is 0 Å². The van der Waals surface area contributed by atoms with Gasteiger partial charge in [0.2, 0.25) is 11.8 Å². The van der Waals surface area contributed by atoms with Gasteiger partial charge in [-0.25, -0.2) is 0 Å². The van der Waals surface area contributed by atoms with Crippen LogP contribution >= 0.6 is 11.6 Å². The Kier molecular flexibility index (Phi) is 12.7. The highest BCUT2D eigenvalue weighted by Gasteiger charge is 2.46. The lowest BCUT2D eigenvalue weighted by Crippen LogP contribution is -2.56. The number of hydrogen-bond donors (Lipinski definition) is 4. The number of carbonyl (C=O) groups excluding carboxylic acids is 4. The molecule has 0 spiro atoms. The Balaban J connectivity index is 2.00. The van der Waals surface area contributed by atoms with Crippen LogP contribution in [0, 0.1) is 5.92 Å². The first-order valence-electron chi connectivity index (χ1n) is 14.6. The summed E-state index contributed by atoms with van der Waals surface area (Å²) in [5.41, 5.74) is 6.08. The second-order valence-corrected chi connectivity index (χ2v) is 11.6. The third-order valence-corrected chi connectivity index (χ3v) is 7.55. The van der Waals surface area contributed by atoms with Crippen LogP contribution in [0.5, 0.6) is 5.75 Å². The SMILES string of the molecule is COc1ccc([C@H](NC(=O)[C@H](Cc2ccc(CN)cc2)NC(=O)C(F)(F)c2cccc(Cl)c2)C(=O)N[C@H](C(=O)C(F)(F)F)C(C)C)cc1. The Morgan fingerprint density at radius 3 is 1.96 bits per heavy atom. The smallest absolute Gasteiger partial charge is 0.452 e. The molecule has 15 heteroatoms. The minimum Gasteiger partial charge on any atom is -0.497 e. The number of ether oxygens (including phenoxy) is 1. The summed E-state index contributed by atoms with van der Waals surface area (Å²) in [4.78, 5) is 52.4. The topological polar surface area (TPSA) is 140 Å². The number of nitrogens with two attached hydrogens (primary N) is 1. The molecule has 3 aromatic rings. The molecule has 0 unspecified atom stereocenters. The highest BCUT2D eigenvalue weighted by atomic mass is 35.5. The van der Waals surface area contributed by atoms with Gasteiger partial charge in [-0.05, 0) is 46.9 Å². The van der Waals surface area contributed by atoms with E-state index in [-0.39, 0.29) is 23.6 Å². The van der Waals surface area contributed by atoms with E-state index in [1.807, 2.05) is 5.32 Å². The van der Waals surface area contributed by atoms with Crippen molar-refractivity contribution < 1.29 is 45.9 Å². The van der Waals surface area contributed by atoms with Gasteiger partial charge in [-0.3, -0.25) is 19.2 Å². The van der Waals surface area contributed by atoms with Crippen LogP contribution in [0.25, 0.3) is 0 Å². The number of rotatable bonds is 14. The highest BCUT2D eigenvalue weighted by molar-refractivity contribution is 6.30. The average Bonchev–Trinajstić information content (AvgIpc) is 3.05. The summed E-state index contributed by atoms with van der Waals surface area (Å²) in [5.74, 6) is -11.2. The molecule has 0 saturated carbocycles. The summed E-state index contributed by atoms with van der Waals surface area (Å²) >= 11 is 5.84. The number of methoxy groups -OCH3 is 1. The van der Waals surface area contributed by atoms with Crippen molar-refractivity contribution in [2.75, 3.05) is 7.11 Å². The number of benzene rings is 3. The first-order chi connectivity index (χ1) is 22.5. The first kappa shape index (κ1) is 37.9. The molecule has 0 saturated heterocycles. The molecule has 0 aromatic heterocycles. The predicted octanol–water partition coefficient (Wildman–Crippen LogP) is 4.76. The quantitative estimate of drug-likeness (QED) is 0.179. The van der Waals surface area contributed by atoms with E-state index < -0.39 is 65.2 Å². The fraction of sp³-hybridized carbons (Fsp3) is 0.333. The standard InChI is InChI=1S/C33H34ClF5N4O5/c1-18(2)26(28(44)33(37,38)39)42-30(46)27(21-11-13-24(48-3)14-12-21)43-29(45)25(15-19-7-9-20(17-40)10-8-19)41-31(47)32(35,36)22-5-4-6-23(34)16-22/h4-14,16,18,25-27H,15,17,40H2,1-3H3,(H,41,47)(H,42,46)(H,43,45)/t25-,26-,27-/m0/s1. The van der Waals surface area contributed by atoms with Crippen molar-refractivity contribution in [3.8, 4) is 5.75 Å². The Bertz CT molecular complexity index is 1600. The molecule has 0 fully saturated rings. The van der Waals surface area contributed by atoms with Crippen LogP contribution in [-0.4, -0.2) is 48.9 Å². The second-order valence-electron chi connectivity index (χ2n) is 11.1. The molecule has 48 heavy (non-hydrogen) atoms. The van der Waals surface area contributed by atoms with E-state index in [0.29, 0.717) is 11.3 Å². The molecule has 3 atom stereocenters. The molecule has 0 aliphatic carbocycles. The summed E-state index contributed by atoms with van der Waals surface area (Å²) in [7, 11) is 1.36. The summed E-state index contributed by atoms with van der Waals surface area (Å²) in [6, 6.07) is 10.8. The Morgan fingerprint density at radius 2 is 1.44 bits per heavy atom. The van der Waals surface area contributed by atoms with Gasteiger partial charge in [0.15, 0.2) is 0 Å². The van der Waals surface area contributed by atoms with Crippen molar-refractivity contribution in [2.45, 2.75) is 57.0 Å². The number of ketones is 1.